The minimum Gasteiger partial charge on any atom is -0.507 e. The van der Waals surface area contributed by atoms with E-state index in [0.29, 0.717) is 18.5 Å². The van der Waals surface area contributed by atoms with Gasteiger partial charge in [-0.05, 0) is 51.3 Å². The monoisotopic (exact) mass is 453 g/mol. The van der Waals surface area contributed by atoms with Gasteiger partial charge in [0.2, 0.25) is 0 Å². The van der Waals surface area contributed by atoms with Crippen LogP contribution in [-0.4, -0.2) is 58.3 Å². The number of hydrogen-bond donors (Lipinski definition) is 1. The van der Waals surface area contributed by atoms with E-state index in [-0.39, 0.29) is 28.8 Å². The quantitative estimate of drug-likeness (QED) is 0.350. The zero-order valence-corrected chi connectivity index (χ0v) is 18.5. The zero-order chi connectivity index (χ0) is 23.9. The van der Waals surface area contributed by atoms with E-state index in [0.717, 1.165) is 0 Å². The Balaban J connectivity index is 1.85. The summed E-state index contributed by atoms with van der Waals surface area (Å²) in [5.41, 5.74) is 0.827. The number of aryl methyl sites for hydroxylation is 1. The van der Waals surface area contributed by atoms with Crippen molar-refractivity contribution in [1.29, 1.82) is 0 Å². The van der Waals surface area contributed by atoms with Crippen molar-refractivity contribution in [1.82, 2.24) is 14.4 Å². The predicted octanol–water partition coefficient (Wildman–Crippen LogP) is 2.64. The maximum atomic E-state index is 14.8. The highest BCUT2D eigenvalue weighted by atomic mass is 19.1. The van der Waals surface area contributed by atoms with Crippen LogP contribution in [0.1, 0.15) is 23.6 Å². The minimum absolute atomic E-state index is 0.121. The first kappa shape index (κ1) is 22.5. The topological polar surface area (TPSA) is 96.0 Å². The molecule has 0 radical (unpaired) electrons. The van der Waals surface area contributed by atoms with Crippen molar-refractivity contribution in [2.75, 3.05) is 27.2 Å². The van der Waals surface area contributed by atoms with E-state index >= 15 is 0 Å². The lowest BCUT2D eigenvalue weighted by Crippen LogP contribution is -2.32. The molecule has 1 aromatic heterocycles. The average Bonchev–Trinajstić information content (AvgIpc) is 3.20. The van der Waals surface area contributed by atoms with Crippen molar-refractivity contribution in [2.45, 2.75) is 12.5 Å². The van der Waals surface area contributed by atoms with Crippen molar-refractivity contribution in [3.63, 3.8) is 0 Å². The number of aromatic nitrogens is 1. The van der Waals surface area contributed by atoms with Crippen LogP contribution >= 0.6 is 0 Å². The van der Waals surface area contributed by atoms with Gasteiger partial charge in [-0.15, -0.1) is 0 Å². The first-order valence-electron chi connectivity index (χ1n) is 10.5. The Hall–Kier alpha value is -3.72. The van der Waals surface area contributed by atoms with Crippen LogP contribution in [0.4, 0.5) is 4.39 Å². The molecule has 8 nitrogen and oxygen atoms in total. The van der Waals surface area contributed by atoms with Crippen LogP contribution in [0.15, 0.2) is 57.2 Å². The third-order valence-corrected chi connectivity index (χ3v) is 5.81. The summed E-state index contributed by atoms with van der Waals surface area (Å²) in [6, 6.07) is 9.31. The van der Waals surface area contributed by atoms with Crippen LogP contribution in [0.2, 0.25) is 0 Å². The van der Waals surface area contributed by atoms with Gasteiger partial charge in [0, 0.05) is 24.7 Å². The van der Waals surface area contributed by atoms with Crippen LogP contribution < -0.4 is 5.76 Å². The van der Waals surface area contributed by atoms with Crippen molar-refractivity contribution in [2.24, 2.45) is 7.05 Å². The number of benzene rings is 2. The molecule has 0 aliphatic carbocycles. The molecule has 4 rings (SSSR count). The maximum absolute atomic E-state index is 14.8. The minimum atomic E-state index is -1.08. The molecule has 1 fully saturated rings. The van der Waals surface area contributed by atoms with Crippen molar-refractivity contribution < 1.29 is 23.5 Å². The second-order valence-electron chi connectivity index (χ2n) is 8.28. The Bertz CT molecular complexity index is 1340. The van der Waals surface area contributed by atoms with Crippen LogP contribution in [0.25, 0.3) is 16.9 Å². The molecule has 172 valence electrons. The summed E-state index contributed by atoms with van der Waals surface area (Å²) in [5, 5.41) is 11.1. The maximum Gasteiger partial charge on any atom is 0.419 e. The molecule has 1 unspecified atom stereocenters. The molecule has 1 N–H and O–H groups in total. The molecule has 1 atom stereocenters. The van der Waals surface area contributed by atoms with E-state index in [1.54, 1.807) is 19.2 Å². The number of amides is 1. The van der Waals surface area contributed by atoms with E-state index < -0.39 is 35.1 Å². The number of nitrogens with zero attached hydrogens (tertiary/aromatic N) is 3. The van der Waals surface area contributed by atoms with Crippen LogP contribution in [-0.2, 0) is 16.6 Å². The SMILES string of the molecule is CN(C)CCCN1C(=O)C(=O)C(=C(O)c2ccc3c(c2)oc(=O)n3C)C1c1ccccc1F. The molecule has 1 amide bonds. The van der Waals surface area contributed by atoms with Crippen LogP contribution in [0, 0.1) is 5.82 Å². The highest BCUT2D eigenvalue weighted by Crippen LogP contribution is 2.40. The predicted molar refractivity (Wildman–Crippen MR) is 120 cm³/mol. The summed E-state index contributed by atoms with van der Waals surface area (Å²) >= 11 is 0. The highest BCUT2D eigenvalue weighted by molar-refractivity contribution is 6.46. The molecule has 1 aliphatic rings. The van der Waals surface area contributed by atoms with E-state index in [9.17, 15) is 23.9 Å². The van der Waals surface area contributed by atoms with Gasteiger partial charge in [-0.1, -0.05) is 18.2 Å². The molecule has 9 heteroatoms. The molecule has 0 spiro atoms. The lowest BCUT2D eigenvalue weighted by atomic mass is 9.94. The molecule has 0 saturated carbocycles. The number of carbonyl (C=O) groups is 2. The molecular formula is C24H24FN3O5. The number of likely N-dealkylation sites (tertiary alicyclic amines) is 1. The first-order valence-corrected chi connectivity index (χ1v) is 10.5. The number of rotatable bonds is 6. The summed E-state index contributed by atoms with van der Waals surface area (Å²) in [6.07, 6.45) is 0.562. The normalized spacial score (nSPS) is 18.1. The number of halogens is 1. The summed E-state index contributed by atoms with van der Waals surface area (Å²) in [5.74, 6) is -3.30. The Morgan fingerprint density at radius 3 is 2.58 bits per heavy atom. The van der Waals surface area contributed by atoms with Crippen molar-refractivity contribution >= 4 is 28.5 Å². The number of carbonyl (C=O) groups excluding carboxylic acids is 2. The number of aliphatic hydroxyl groups is 1. The second-order valence-corrected chi connectivity index (χ2v) is 8.28. The fourth-order valence-corrected chi connectivity index (χ4v) is 4.12. The molecule has 33 heavy (non-hydrogen) atoms. The van der Waals surface area contributed by atoms with Crippen LogP contribution in [0.5, 0.6) is 0 Å². The molecule has 3 aromatic rings. The standard InChI is InChI=1S/C24H24FN3O5/c1-26(2)11-6-12-28-20(15-7-4-5-8-16(15)25)19(22(30)23(28)31)21(29)14-9-10-17-18(13-14)33-24(32)27(17)3/h4-5,7-10,13,20,29H,6,11-12H2,1-3H3. The molecular weight excluding hydrogens is 429 g/mol. The van der Waals surface area contributed by atoms with Gasteiger partial charge in [0.1, 0.15) is 11.6 Å². The van der Waals surface area contributed by atoms with Gasteiger partial charge < -0.3 is 19.3 Å². The largest absolute Gasteiger partial charge is 0.507 e. The number of aliphatic hydroxyl groups excluding tert-OH is 1. The summed E-state index contributed by atoms with van der Waals surface area (Å²) in [6.45, 7) is 0.877. The third-order valence-electron chi connectivity index (χ3n) is 5.81. The molecule has 1 aliphatic heterocycles. The summed E-state index contributed by atoms with van der Waals surface area (Å²) in [7, 11) is 5.33. The summed E-state index contributed by atoms with van der Waals surface area (Å²) in [4.78, 5) is 41.0. The Morgan fingerprint density at radius 2 is 1.88 bits per heavy atom. The Kier molecular flexibility index (Phi) is 5.90. The average molecular weight is 453 g/mol. The van der Waals surface area contributed by atoms with Gasteiger partial charge in [0.15, 0.2) is 5.58 Å². The number of ketones is 1. The molecule has 1 saturated heterocycles. The number of fused-ring (bicyclic) bond motifs is 1. The van der Waals surface area contributed by atoms with Gasteiger partial charge in [-0.2, -0.15) is 0 Å². The lowest BCUT2D eigenvalue weighted by Gasteiger charge is -2.26. The number of hydrogen-bond acceptors (Lipinski definition) is 6. The number of oxazole rings is 1. The third kappa shape index (κ3) is 3.95. The first-order chi connectivity index (χ1) is 15.7. The van der Waals surface area contributed by atoms with Crippen molar-refractivity contribution in [3.05, 3.63) is 75.5 Å². The van der Waals surface area contributed by atoms with E-state index in [1.165, 1.54) is 39.8 Å². The highest BCUT2D eigenvalue weighted by Gasteiger charge is 2.46. The van der Waals surface area contributed by atoms with E-state index in [4.69, 9.17) is 4.42 Å². The Labute approximate surface area is 189 Å². The van der Waals surface area contributed by atoms with Gasteiger partial charge in [0.25, 0.3) is 11.7 Å². The summed E-state index contributed by atoms with van der Waals surface area (Å²) < 4.78 is 21.3. The Morgan fingerprint density at radius 1 is 1.15 bits per heavy atom. The lowest BCUT2D eigenvalue weighted by molar-refractivity contribution is -0.140. The van der Waals surface area contributed by atoms with Crippen LogP contribution in [0.3, 0.4) is 0 Å². The molecule has 2 heterocycles. The van der Waals surface area contributed by atoms with Gasteiger partial charge in [0.05, 0.1) is 17.1 Å². The van der Waals surface area contributed by atoms with E-state index in [1.807, 2.05) is 19.0 Å². The second kappa shape index (κ2) is 8.67. The number of Topliss-reactive ketones (excluding diaryl/α,β-unsaturated/α-hetero) is 1. The van der Waals surface area contributed by atoms with Gasteiger partial charge >= 0.3 is 5.76 Å². The van der Waals surface area contributed by atoms with Gasteiger partial charge in [-0.25, -0.2) is 9.18 Å². The van der Waals surface area contributed by atoms with Crippen molar-refractivity contribution in [3.8, 4) is 0 Å². The molecule has 0 bridgehead atoms. The smallest absolute Gasteiger partial charge is 0.419 e. The molecule has 2 aromatic carbocycles. The fourth-order valence-electron chi connectivity index (χ4n) is 4.12. The fraction of sp³-hybridized carbons (Fsp3) is 0.292. The van der Waals surface area contributed by atoms with Gasteiger partial charge in [-0.3, -0.25) is 14.2 Å². The van der Waals surface area contributed by atoms with E-state index in [2.05, 4.69) is 0 Å². The zero-order valence-electron chi connectivity index (χ0n) is 18.5.